The molecule has 0 N–H and O–H groups in total. The van der Waals surface area contributed by atoms with Gasteiger partial charge in [-0.2, -0.15) is 0 Å². The molecule has 0 saturated heterocycles. The maximum Gasteiger partial charge on any atom is 0.124 e. The molecule has 1 aliphatic heterocycles. The van der Waals surface area contributed by atoms with Crippen LogP contribution in [-0.4, -0.2) is 52.9 Å². The van der Waals surface area contributed by atoms with Crippen LogP contribution >= 0.6 is 23.2 Å². The van der Waals surface area contributed by atoms with Crippen molar-refractivity contribution < 1.29 is 23.7 Å². The average Bonchev–Trinajstić information content (AvgIpc) is 3.01. The van der Waals surface area contributed by atoms with Gasteiger partial charge in [-0.1, -0.05) is 89.9 Å². The normalized spacial score (nSPS) is 16.0. The molecule has 0 aliphatic carbocycles. The van der Waals surface area contributed by atoms with E-state index in [-0.39, 0.29) is 0 Å². The fourth-order valence-corrected chi connectivity index (χ4v) is 6.20. The molecule has 0 unspecified atom stereocenters. The molecule has 1 heterocycles. The zero-order valence-corrected chi connectivity index (χ0v) is 24.7. The van der Waals surface area contributed by atoms with Crippen LogP contribution in [-0.2, 0) is 14.2 Å². The van der Waals surface area contributed by atoms with E-state index in [2.05, 4.69) is 36.4 Å². The first-order valence-electron chi connectivity index (χ1n) is 14.2. The Hall–Kier alpha value is -3.32. The van der Waals surface area contributed by atoms with Crippen molar-refractivity contribution >= 4 is 44.7 Å². The highest BCUT2D eigenvalue weighted by molar-refractivity contribution is 6.36. The summed E-state index contributed by atoms with van der Waals surface area (Å²) in [6.07, 6.45) is 0. The Kier molecular flexibility index (Phi) is 9.44. The van der Waals surface area contributed by atoms with Gasteiger partial charge < -0.3 is 23.7 Å². The molecule has 5 aromatic carbocycles. The average molecular weight is 604 g/mol. The van der Waals surface area contributed by atoms with Crippen LogP contribution in [0.1, 0.15) is 22.6 Å². The van der Waals surface area contributed by atoms with E-state index in [0.717, 1.165) is 49.7 Å². The predicted molar refractivity (Wildman–Crippen MR) is 169 cm³/mol. The van der Waals surface area contributed by atoms with Crippen LogP contribution < -0.4 is 9.47 Å². The number of ether oxygens (including phenoxy) is 5. The number of benzene rings is 5. The Morgan fingerprint density at radius 2 is 0.857 bits per heavy atom. The summed E-state index contributed by atoms with van der Waals surface area (Å²) >= 11 is 14.1. The van der Waals surface area contributed by atoms with Gasteiger partial charge in [0.25, 0.3) is 0 Å². The van der Waals surface area contributed by atoms with Crippen LogP contribution in [0, 0.1) is 0 Å². The van der Waals surface area contributed by atoms with Crippen LogP contribution in [0.15, 0.2) is 91.0 Å². The molecular weight excluding hydrogens is 571 g/mol. The van der Waals surface area contributed by atoms with Gasteiger partial charge in [0.2, 0.25) is 0 Å². The molecule has 5 aromatic rings. The lowest BCUT2D eigenvalue weighted by molar-refractivity contribution is 0.00481. The van der Waals surface area contributed by atoms with Crippen molar-refractivity contribution in [1.82, 2.24) is 0 Å². The fourth-order valence-electron chi connectivity index (χ4n) is 5.58. The highest BCUT2D eigenvalue weighted by atomic mass is 35.5. The summed E-state index contributed by atoms with van der Waals surface area (Å²) in [4.78, 5) is 0. The maximum atomic E-state index is 7.03. The standard InChI is InChI=1S/C35H32Cl2O5/c36-28-10-5-11-29(37)34(28)35-32-26-8-3-1-6-24(26)12-14-30(32)41-22-20-39-18-16-38-17-19-40-21-23-42-31-15-13-25-7-2-4-9-27(25)33(31)35/h1-15,35H,16-23H2. The van der Waals surface area contributed by atoms with Crippen molar-refractivity contribution in [2.45, 2.75) is 5.92 Å². The third-order valence-corrected chi connectivity index (χ3v) is 8.10. The molecule has 42 heavy (non-hydrogen) atoms. The molecule has 216 valence electrons. The molecule has 0 radical (unpaired) electrons. The fraction of sp³-hybridized carbons (Fsp3) is 0.257. The summed E-state index contributed by atoms with van der Waals surface area (Å²) in [5.74, 6) is 1.05. The van der Waals surface area contributed by atoms with Gasteiger partial charge in [0.1, 0.15) is 24.7 Å². The second-order valence-electron chi connectivity index (χ2n) is 10.00. The minimum Gasteiger partial charge on any atom is -0.491 e. The van der Waals surface area contributed by atoms with E-state index in [9.17, 15) is 0 Å². The van der Waals surface area contributed by atoms with E-state index in [4.69, 9.17) is 46.9 Å². The van der Waals surface area contributed by atoms with Gasteiger partial charge in [-0.05, 0) is 45.8 Å². The summed E-state index contributed by atoms with van der Waals surface area (Å²) in [5, 5.41) is 5.39. The summed E-state index contributed by atoms with van der Waals surface area (Å²) in [5.41, 5.74) is 2.72. The largest absolute Gasteiger partial charge is 0.491 e. The Balaban J connectivity index is 1.63. The van der Waals surface area contributed by atoms with Gasteiger partial charge in [0.15, 0.2) is 0 Å². The van der Waals surface area contributed by atoms with Crippen LogP contribution in [0.4, 0.5) is 0 Å². The van der Waals surface area contributed by atoms with E-state index in [1.165, 1.54) is 0 Å². The second-order valence-corrected chi connectivity index (χ2v) is 10.8. The maximum absolute atomic E-state index is 7.03. The first kappa shape index (κ1) is 28.8. The van der Waals surface area contributed by atoms with E-state index in [0.29, 0.717) is 62.9 Å². The van der Waals surface area contributed by atoms with Crippen LogP contribution in [0.3, 0.4) is 0 Å². The summed E-state index contributed by atoms with van der Waals surface area (Å²) < 4.78 is 30.2. The van der Waals surface area contributed by atoms with E-state index in [1.54, 1.807) is 0 Å². The first-order chi connectivity index (χ1) is 20.7. The smallest absolute Gasteiger partial charge is 0.124 e. The molecule has 0 bridgehead atoms. The van der Waals surface area contributed by atoms with Crippen molar-refractivity contribution in [2.75, 3.05) is 52.9 Å². The molecular formula is C35H32Cl2O5. The highest BCUT2D eigenvalue weighted by Crippen LogP contribution is 2.50. The molecule has 0 spiro atoms. The van der Waals surface area contributed by atoms with Crippen molar-refractivity contribution in [3.05, 3.63) is 118 Å². The molecule has 0 saturated carbocycles. The molecule has 0 aromatic heterocycles. The Labute approximate surface area is 255 Å². The molecule has 1 aliphatic rings. The Morgan fingerprint density at radius 3 is 1.33 bits per heavy atom. The van der Waals surface area contributed by atoms with Gasteiger partial charge in [-0.3, -0.25) is 0 Å². The van der Waals surface area contributed by atoms with Crippen molar-refractivity contribution in [1.29, 1.82) is 0 Å². The minimum atomic E-state index is -0.414. The lowest BCUT2D eigenvalue weighted by atomic mass is 9.79. The number of fused-ring (bicyclic) bond motifs is 6. The first-order valence-corrected chi connectivity index (χ1v) is 14.9. The van der Waals surface area contributed by atoms with Crippen molar-refractivity contribution in [2.24, 2.45) is 0 Å². The molecule has 5 nitrogen and oxygen atoms in total. The monoisotopic (exact) mass is 602 g/mol. The van der Waals surface area contributed by atoms with Crippen LogP contribution in [0.25, 0.3) is 21.5 Å². The van der Waals surface area contributed by atoms with Crippen LogP contribution in [0.2, 0.25) is 10.0 Å². The van der Waals surface area contributed by atoms with Gasteiger partial charge >= 0.3 is 0 Å². The number of hydrogen-bond acceptors (Lipinski definition) is 5. The van der Waals surface area contributed by atoms with E-state index in [1.807, 2.05) is 54.6 Å². The topological polar surface area (TPSA) is 46.2 Å². The Morgan fingerprint density at radius 1 is 0.429 bits per heavy atom. The molecule has 0 atom stereocenters. The molecule has 0 fully saturated rings. The SMILES string of the molecule is Clc1cccc(Cl)c1C1c2c(ccc3ccccc23)OCCOCCOCCOCCOc2ccc3ccccc3c21. The van der Waals surface area contributed by atoms with E-state index >= 15 is 0 Å². The molecule has 6 rings (SSSR count). The summed E-state index contributed by atoms with van der Waals surface area (Å²) in [7, 11) is 0. The lowest BCUT2D eigenvalue weighted by Gasteiger charge is -2.28. The zero-order valence-electron chi connectivity index (χ0n) is 23.2. The summed E-state index contributed by atoms with van der Waals surface area (Å²) in [6.45, 7) is 3.54. The molecule has 7 heteroatoms. The highest BCUT2D eigenvalue weighted by Gasteiger charge is 2.31. The predicted octanol–water partition coefficient (Wildman–Crippen LogP) is 8.30. The van der Waals surface area contributed by atoms with Gasteiger partial charge in [0.05, 0.1) is 39.6 Å². The molecule has 0 amide bonds. The third kappa shape index (κ3) is 6.22. The van der Waals surface area contributed by atoms with Gasteiger partial charge in [0, 0.05) is 32.7 Å². The van der Waals surface area contributed by atoms with Crippen molar-refractivity contribution in [3.63, 3.8) is 0 Å². The third-order valence-electron chi connectivity index (χ3n) is 7.44. The Bertz CT molecular complexity index is 1550. The summed E-state index contributed by atoms with van der Waals surface area (Å²) in [6, 6.07) is 30.5. The number of rotatable bonds is 1. The van der Waals surface area contributed by atoms with Crippen LogP contribution in [0.5, 0.6) is 11.5 Å². The zero-order chi connectivity index (χ0) is 28.7. The van der Waals surface area contributed by atoms with E-state index < -0.39 is 5.92 Å². The van der Waals surface area contributed by atoms with Crippen molar-refractivity contribution in [3.8, 4) is 11.5 Å². The van der Waals surface area contributed by atoms with Gasteiger partial charge in [-0.25, -0.2) is 0 Å². The minimum absolute atomic E-state index is 0.371. The lowest BCUT2D eigenvalue weighted by Crippen LogP contribution is -2.17. The second kappa shape index (κ2) is 13.8. The number of hydrogen-bond donors (Lipinski definition) is 0. The quantitative estimate of drug-likeness (QED) is 0.193. The van der Waals surface area contributed by atoms with Gasteiger partial charge in [-0.15, -0.1) is 0 Å². The number of halogens is 2.